The van der Waals surface area contributed by atoms with Crippen molar-refractivity contribution in [3.8, 4) is 11.5 Å². The number of oxazole rings is 1. The zero-order valence-corrected chi connectivity index (χ0v) is 14.3. The van der Waals surface area contributed by atoms with Gasteiger partial charge in [-0.3, -0.25) is 9.63 Å². The Balaban J connectivity index is 1.64. The molecule has 0 aliphatic rings. The first-order chi connectivity index (χ1) is 12.5. The molecule has 1 heterocycles. The van der Waals surface area contributed by atoms with Gasteiger partial charge in [0.25, 0.3) is 5.91 Å². The SMILES string of the molecule is Cc1oc(-c2ccc(Cl)cc2)nc1CONC(=O)c1cccc(F)c1F. The lowest BCUT2D eigenvalue weighted by Gasteiger charge is -2.06. The molecule has 0 bridgehead atoms. The molecular weight excluding hydrogens is 366 g/mol. The number of hydrogen-bond acceptors (Lipinski definition) is 4. The van der Waals surface area contributed by atoms with E-state index >= 15 is 0 Å². The Hall–Kier alpha value is -2.77. The Morgan fingerprint density at radius 3 is 2.69 bits per heavy atom. The third kappa shape index (κ3) is 3.89. The minimum absolute atomic E-state index is 0.106. The van der Waals surface area contributed by atoms with Gasteiger partial charge in [-0.2, -0.15) is 0 Å². The summed E-state index contributed by atoms with van der Waals surface area (Å²) < 4.78 is 32.3. The van der Waals surface area contributed by atoms with Gasteiger partial charge < -0.3 is 4.42 Å². The fraction of sp³-hybridized carbons (Fsp3) is 0.111. The fourth-order valence-corrected chi connectivity index (χ4v) is 2.31. The van der Waals surface area contributed by atoms with E-state index in [-0.39, 0.29) is 6.61 Å². The predicted octanol–water partition coefficient (Wildman–Crippen LogP) is 4.44. The van der Waals surface area contributed by atoms with Crippen LogP contribution in [0.4, 0.5) is 8.78 Å². The molecule has 26 heavy (non-hydrogen) atoms. The number of halogens is 3. The number of amides is 1. The number of nitrogens with one attached hydrogen (secondary N) is 1. The summed E-state index contributed by atoms with van der Waals surface area (Å²) >= 11 is 5.84. The maximum absolute atomic E-state index is 13.6. The molecule has 1 N–H and O–H groups in total. The number of rotatable bonds is 5. The predicted molar refractivity (Wildman–Crippen MR) is 90.3 cm³/mol. The minimum Gasteiger partial charge on any atom is -0.441 e. The van der Waals surface area contributed by atoms with E-state index in [0.29, 0.717) is 22.4 Å². The highest BCUT2D eigenvalue weighted by Gasteiger charge is 2.16. The first-order valence-electron chi connectivity index (χ1n) is 7.54. The molecule has 1 aromatic heterocycles. The quantitative estimate of drug-likeness (QED) is 0.666. The largest absolute Gasteiger partial charge is 0.441 e. The molecule has 0 radical (unpaired) electrons. The van der Waals surface area contributed by atoms with E-state index in [0.717, 1.165) is 17.7 Å². The van der Waals surface area contributed by atoms with E-state index in [1.165, 1.54) is 6.07 Å². The highest BCUT2D eigenvalue weighted by molar-refractivity contribution is 6.30. The molecule has 0 aliphatic heterocycles. The van der Waals surface area contributed by atoms with Gasteiger partial charge in [-0.25, -0.2) is 19.2 Å². The van der Waals surface area contributed by atoms with Crippen LogP contribution in [0.5, 0.6) is 0 Å². The Morgan fingerprint density at radius 2 is 1.96 bits per heavy atom. The van der Waals surface area contributed by atoms with Crippen molar-refractivity contribution in [3.05, 3.63) is 76.1 Å². The first kappa shape index (κ1) is 18.0. The molecule has 0 unspecified atom stereocenters. The van der Waals surface area contributed by atoms with Crippen LogP contribution < -0.4 is 5.48 Å². The molecule has 2 aromatic carbocycles. The number of nitrogens with zero attached hydrogens (tertiary/aromatic N) is 1. The van der Waals surface area contributed by atoms with Crippen molar-refractivity contribution in [2.24, 2.45) is 0 Å². The van der Waals surface area contributed by atoms with E-state index in [2.05, 4.69) is 10.5 Å². The molecule has 0 aliphatic carbocycles. The normalized spacial score (nSPS) is 10.8. The van der Waals surface area contributed by atoms with Gasteiger partial charge >= 0.3 is 0 Å². The van der Waals surface area contributed by atoms with Gasteiger partial charge in [-0.1, -0.05) is 17.7 Å². The van der Waals surface area contributed by atoms with Gasteiger partial charge in [-0.15, -0.1) is 0 Å². The molecule has 1 amide bonds. The van der Waals surface area contributed by atoms with E-state index in [4.69, 9.17) is 20.9 Å². The molecule has 0 saturated heterocycles. The number of carbonyl (C=O) groups is 1. The van der Waals surface area contributed by atoms with Gasteiger partial charge in [-0.05, 0) is 43.3 Å². The van der Waals surface area contributed by atoms with Crippen LogP contribution >= 0.6 is 11.6 Å². The highest BCUT2D eigenvalue weighted by Crippen LogP contribution is 2.23. The number of hydrogen-bond donors (Lipinski definition) is 1. The number of aryl methyl sites for hydroxylation is 1. The number of hydroxylamine groups is 1. The van der Waals surface area contributed by atoms with Crippen molar-refractivity contribution in [2.45, 2.75) is 13.5 Å². The number of aromatic nitrogens is 1. The second kappa shape index (κ2) is 7.63. The fourth-order valence-electron chi connectivity index (χ4n) is 2.18. The van der Waals surface area contributed by atoms with Crippen molar-refractivity contribution in [3.63, 3.8) is 0 Å². The summed E-state index contributed by atoms with van der Waals surface area (Å²) in [4.78, 5) is 21.2. The smallest absolute Gasteiger partial charge is 0.277 e. The maximum atomic E-state index is 13.6. The Kier molecular flexibility index (Phi) is 5.29. The summed E-state index contributed by atoms with van der Waals surface area (Å²) in [6.45, 7) is 1.59. The lowest BCUT2D eigenvalue weighted by atomic mass is 10.2. The molecular formula is C18H13ClF2N2O3. The molecule has 0 spiro atoms. The summed E-state index contributed by atoms with van der Waals surface area (Å²) in [5.74, 6) is -2.38. The molecule has 3 rings (SSSR count). The molecule has 134 valence electrons. The summed E-state index contributed by atoms with van der Waals surface area (Å²) in [6, 6.07) is 10.2. The van der Waals surface area contributed by atoms with Crippen LogP contribution in [0, 0.1) is 18.6 Å². The highest BCUT2D eigenvalue weighted by atomic mass is 35.5. The van der Waals surface area contributed by atoms with Gasteiger partial charge in [0.05, 0.1) is 5.56 Å². The van der Waals surface area contributed by atoms with Crippen LogP contribution in [0.15, 0.2) is 46.9 Å². The van der Waals surface area contributed by atoms with E-state index in [1.54, 1.807) is 31.2 Å². The van der Waals surface area contributed by atoms with Crippen molar-refractivity contribution in [1.29, 1.82) is 0 Å². The minimum atomic E-state index is -1.24. The van der Waals surface area contributed by atoms with E-state index < -0.39 is 23.1 Å². The lowest BCUT2D eigenvalue weighted by Crippen LogP contribution is -2.25. The first-order valence-corrected chi connectivity index (χ1v) is 7.92. The molecule has 8 heteroatoms. The van der Waals surface area contributed by atoms with Crippen LogP contribution in [-0.2, 0) is 11.4 Å². The number of benzene rings is 2. The van der Waals surface area contributed by atoms with Crippen molar-refractivity contribution >= 4 is 17.5 Å². The maximum Gasteiger partial charge on any atom is 0.277 e. The second-order valence-electron chi connectivity index (χ2n) is 5.35. The van der Waals surface area contributed by atoms with Crippen LogP contribution in [-0.4, -0.2) is 10.9 Å². The van der Waals surface area contributed by atoms with Crippen molar-refractivity contribution in [1.82, 2.24) is 10.5 Å². The molecule has 5 nitrogen and oxygen atoms in total. The summed E-state index contributed by atoms with van der Waals surface area (Å²) in [5, 5.41) is 0.591. The van der Waals surface area contributed by atoms with Crippen LogP contribution in [0.1, 0.15) is 21.8 Å². The average Bonchev–Trinajstić information content (AvgIpc) is 2.98. The second-order valence-corrected chi connectivity index (χ2v) is 5.79. The number of carbonyl (C=O) groups excluding carboxylic acids is 1. The average molecular weight is 379 g/mol. The molecule has 0 fully saturated rings. The van der Waals surface area contributed by atoms with Crippen molar-refractivity contribution in [2.75, 3.05) is 0 Å². The zero-order chi connectivity index (χ0) is 18.7. The Bertz CT molecular complexity index is 942. The van der Waals surface area contributed by atoms with Gasteiger partial charge in [0.1, 0.15) is 18.1 Å². The van der Waals surface area contributed by atoms with Crippen LogP contribution in [0.25, 0.3) is 11.5 Å². The van der Waals surface area contributed by atoms with Crippen LogP contribution in [0.2, 0.25) is 5.02 Å². The van der Waals surface area contributed by atoms with Crippen molar-refractivity contribution < 1.29 is 22.8 Å². The summed E-state index contributed by atoms with van der Waals surface area (Å²) in [6.07, 6.45) is 0. The molecule has 0 saturated carbocycles. The van der Waals surface area contributed by atoms with Gasteiger partial charge in [0, 0.05) is 10.6 Å². The zero-order valence-electron chi connectivity index (χ0n) is 13.6. The molecule has 3 aromatic rings. The topological polar surface area (TPSA) is 64.4 Å². The monoisotopic (exact) mass is 378 g/mol. The summed E-state index contributed by atoms with van der Waals surface area (Å²) in [5.41, 5.74) is 2.78. The standard InChI is InChI=1S/C18H13ClF2N2O3/c1-10-15(22-18(26-10)11-5-7-12(19)8-6-11)9-25-23-17(24)13-3-2-4-14(20)16(13)21/h2-8H,9H2,1H3,(H,23,24). The molecule has 0 atom stereocenters. The third-order valence-electron chi connectivity index (χ3n) is 3.55. The van der Waals surface area contributed by atoms with E-state index in [9.17, 15) is 13.6 Å². The van der Waals surface area contributed by atoms with Gasteiger partial charge in [0.2, 0.25) is 5.89 Å². The Labute approximate surface area is 152 Å². The summed E-state index contributed by atoms with van der Waals surface area (Å²) in [7, 11) is 0. The third-order valence-corrected chi connectivity index (χ3v) is 3.81. The lowest BCUT2D eigenvalue weighted by molar-refractivity contribution is 0.0215. The Morgan fingerprint density at radius 1 is 1.23 bits per heavy atom. The van der Waals surface area contributed by atoms with Crippen LogP contribution in [0.3, 0.4) is 0 Å². The van der Waals surface area contributed by atoms with E-state index in [1.807, 2.05) is 0 Å². The van der Waals surface area contributed by atoms with Gasteiger partial charge in [0.15, 0.2) is 11.6 Å².